The molecule has 0 aliphatic heterocycles. The molecule has 6 heteroatoms. The SMILES string of the molecule is COc1ccc(Cl)cc1C(=O)/N=c1\sn(C(C)(C)C)cc1CCC1CCC1. The highest BCUT2D eigenvalue weighted by Gasteiger charge is 2.20. The van der Waals surface area contributed by atoms with Crippen LogP contribution in [0.3, 0.4) is 0 Å². The van der Waals surface area contributed by atoms with Crippen LogP contribution in [0, 0.1) is 5.92 Å². The van der Waals surface area contributed by atoms with Crippen molar-refractivity contribution in [1.29, 1.82) is 0 Å². The number of aryl methyl sites for hydroxylation is 1. The molecule has 1 amide bonds. The van der Waals surface area contributed by atoms with Crippen molar-refractivity contribution in [2.24, 2.45) is 10.9 Å². The van der Waals surface area contributed by atoms with Gasteiger partial charge in [0.1, 0.15) is 10.4 Å². The van der Waals surface area contributed by atoms with E-state index in [1.54, 1.807) is 25.3 Å². The Morgan fingerprint density at radius 3 is 2.70 bits per heavy atom. The van der Waals surface area contributed by atoms with Gasteiger partial charge in [-0.25, -0.2) is 0 Å². The van der Waals surface area contributed by atoms with E-state index in [0.717, 1.165) is 29.0 Å². The number of carbonyl (C=O) groups is 1. The Labute approximate surface area is 170 Å². The van der Waals surface area contributed by atoms with Gasteiger partial charge in [0.2, 0.25) is 0 Å². The van der Waals surface area contributed by atoms with Crippen LogP contribution in [-0.2, 0) is 12.0 Å². The van der Waals surface area contributed by atoms with Crippen molar-refractivity contribution in [2.75, 3.05) is 7.11 Å². The Balaban J connectivity index is 1.96. The Morgan fingerprint density at radius 2 is 2.11 bits per heavy atom. The van der Waals surface area contributed by atoms with Gasteiger partial charge < -0.3 is 4.74 Å². The summed E-state index contributed by atoms with van der Waals surface area (Å²) in [5.41, 5.74) is 1.50. The topological polar surface area (TPSA) is 43.6 Å². The lowest BCUT2D eigenvalue weighted by molar-refractivity contribution is 0.0996. The fourth-order valence-corrected chi connectivity index (χ4v) is 4.32. The molecule has 0 spiro atoms. The fourth-order valence-electron chi connectivity index (χ4n) is 3.11. The molecular weight excluding hydrogens is 380 g/mol. The lowest BCUT2D eigenvalue weighted by atomic mass is 9.81. The zero-order valence-electron chi connectivity index (χ0n) is 16.4. The zero-order chi connectivity index (χ0) is 19.6. The molecular formula is C21H27ClN2O2S. The molecule has 4 nitrogen and oxygen atoms in total. The monoisotopic (exact) mass is 406 g/mol. The van der Waals surface area contributed by atoms with Crippen molar-refractivity contribution >= 4 is 29.0 Å². The number of benzene rings is 1. The van der Waals surface area contributed by atoms with Crippen LogP contribution in [0.25, 0.3) is 0 Å². The number of carbonyl (C=O) groups excluding carboxylic acids is 1. The molecule has 1 aliphatic carbocycles. The van der Waals surface area contributed by atoms with Gasteiger partial charge in [-0.05, 0) is 69.3 Å². The van der Waals surface area contributed by atoms with Crippen molar-refractivity contribution in [1.82, 2.24) is 3.96 Å². The van der Waals surface area contributed by atoms with E-state index in [-0.39, 0.29) is 11.4 Å². The Kier molecular flexibility index (Phi) is 6.11. The highest BCUT2D eigenvalue weighted by atomic mass is 35.5. The van der Waals surface area contributed by atoms with Gasteiger partial charge in [0.25, 0.3) is 5.91 Å². The van der Waals surface area contributed by atoms with E-state index in [4.69, 9.17) is 16.3 Å². The Morgan fingerprint density at radius 1 is 1.37 bits per heavy atom. The van der Waals surface area contributed by atoms with Crippen LogP contribution in [0.4, 0.5) is 0 Å². The number of methoxy groups -OCH3 is 1. The summed E-state index contributed by atoms with van der Waals surface area (Å²) >= 11 is 7.61. The smallest absolute Gasteiger partial charge is 0.282 e. The standard InChI is InChI=1S/C21H27ClN2O2S/c1-21(2,3)24-13-15(9-8-14-6-5-7-14)20(27-24)23-19(25)17-12-16(22)10-11-18(17)26-4/h10-14H,5-9H2,1-4H3/b23-20-. The summed E-state index contributed by atoms with van der Waals surface area (Å²) in [4.78, 5) is 17.3. The summed E-state index contributed by atoms with van der Waals surface area (Å²) in [6.45, 7) is 6.47. The molecule has 3 rings (SSSR count). The van der Waals surface area contributed by atoms with Gasteiger partial charge in [0, 0.05) is 22.3 Å². The molecule has 1 aliphatic rings. The minimum atomic E-state index is -0.317. The maximum Gasteiger partial charge on any atom is 0.282 e. The van der Waals surface area contributed by atoms with Gasteiger partial charge in [-0.3, -0.25) is 8.75 Å². The number of amides is 1. The van der Waals surface area contributed by atoms with Crippen LogP contribution in [0.1, 0.15) is 62.4 Å². The van der Waals surface area contributed by atoms with Gasteiger partial charge in [-0.2, -0.15) is 4.99 Å². The highest BCUT2D eigenvalue weighted by molar-refractivity contribution is 7.04. The average Bonchev–Trinajstić information content (AvgIpc) is 2.96. The van der Waals surface area contributed by atoms with Crippen molar-refractivity contribution < 1.29 is 9.53 Å². The highest BCUT2D eigenvalue weighted by Crippen LogP contribution is 2.30. The van der Waals surface area contributed by atoms with E-state index in [0.29, 0.717) is 16.3 Å². The molecule has 0 radical (unpaired) electrons. The quantitative estimate of drug-likeness (QED) is 0.663. The van der Waals surface area contributed by atoms with Gasteiger partial charge in [-0.15, -0.1) is 0 Å². The van der Waals surface area contributed by atoms with Crippen LogP contribution in [0.2, 0.25) is 5.02 Å². The third-order valence-electron chi connectivity index (χ3n) is 5.04. The van der Waals surface area contributed by atoms with E-state index >= 15 is 0 Å². The van der Waals surface area contributed by atoms with E-state index in [2.05, 4.69) is 35.9 Å². The number of hydrogen-bond acceptors (Lipinski definition) is 3. The number of rotatable bonds is 5. The summed E-state index contributed by atoms with van der Waals surface area (Å²) in [5, 5.41) is 0.496. The largest absolute Gasteiger partial charge is 0.496 e. The second-order valence-corrected chi connectivity index (χ2v) is 9.54. The first-order valence-electron chi connectivity index (χ1n) is 9.43. The van der Waals surface area contributed by atoms with E-state index in [9.17, 15) is 4.79 Å². The first kappa shape index (κ1) is 20.2. The molecule has 0 bridgehead atoms. The number of ether oxygens (including phenoxy) is 1. The molecule has 0 unspecified atom stereocenters. The number of nitrogens with zero attached hydrogens (tertiary/aromatic N) is 2. The number of halogens is 1. The van der Waals surface area contributed by atoms with Crippen LogP contribution >= 0.6 is 23.1 Å². The Hall–Kier alpha value is -1.59. The van der Waals surface area contributed by atoms with Crippen molar-refractivity contribution in [2.45, 2.75) is 58.4 Å². The van der Waals surface area contributed by atoms with Gasteiger partial charge in [0.05, 0.1) is 12.7 Å². The summed E-state index contributed by atoms with van der Waals surface area (Å²) < 4.78 is 8.28. The lowest BCUT2D eigenvalue weighted by Crippen LogP contribution is -2.18. The van der Waals surface area contributed by atoms with Gasteiger partial charge >= 0.3 is 0 Å². The van der Waals surface area contributed by atoms with E-state index in [1.165, 1.54) is 30.8 Å². The Bertz CT molecular complexity index is 888. The van der Waals surface area contributed by atoms with Crippen LogP contribution in [-0.4, -0.2) is 17.0 Å². The molecule has 2 aromatic rings. The molecule has 1 saturated carbocycles. The third-order valence-corrected chi connectivity index (χ3v) is 6.65. The van der Waals surface area contributed by atoms with Gasteiger partial charge in [-0.1, -0.05) is 30.9 Å². The number of aromatic nitrogens is 1. The third kappa shape index (κ3) is 4.82. The predicted molar refractivity (Wildman–Crippen MR) is 111 cm³/mol. The second-order valence-electron chi connectivity index (χ2n) is 8.14. The van der Waals surface area contributed by atoms with Crippen LogP contribution in [0.15, 0.2) is 29.4 Å². The van der Waals surface area contributed by atoms with Crippen LogP contribution in [0.5, 0.6) is 5.75 Å². The molecule has 1 heterocycles. The minimum Gasteiger partial charge on any atom is -0.496 e. The summed E-state index contributed by atoms with van der Waals surface area (Å²) in [6, 6.07) is 5.03. The summed E-state index contributed by atoms with van der Waals surface area (Å²) in [7, 11) is 1.54. The molecule has 27 heavy (non-hydrogen) atoms. The molecule has 1 aromatic heterocycles. The maximum absolute atomic E-state index is 12.9. The minimum absolute atomic E-state index is 0.0412. The molecule has 0 saturated heterocycles. The number of hydrogen-bond donors (Lipinski definition) is 0. The summed E-state index contributed by atoms with van der Waals surface area (Å²) in [6.07, 6.45) is 8.29. The molecule has 1 aromatic carbocycles. The zero-order valence-corrected chi connectivity index (χ0v) is 18.0. The lowest BCUT2D eigenvalue weighted by Gasteiger charge is -2.24. The van der Waals surface area contributed by atoms with Crippen molar-refractivity contribution in [3.05, 3.63) is 45.2 Å². The molecule has 146 valence electrons. The average molecular weight is 407 g/mol. The molecule has 0 N–H and O–H groups in total. The fraction of sp³-hybridized carbons (Fsp3) is 0.524. The molecule has 1 fully saturated rings. The van der Waals surface area contributed by atoms with E-state index in [1.807, 2.05) is 0 Å². The predicted octanol–water partition coefficient (Wildman–Crippen LogP) is 5.44. The summed E-state index contributed by atoms with van der Waals surface area (Å²) in [5.74, 6) is 0.996. The van der Waals surface area contributed by atoms with E-state index < -0.39 is 0 Å². The van der Waals surface area contributed by atoms with Crippen LogP contribution < -0.4 is 9.41 Å². The molecule has 0 atom stereocenters. The van der Waals surface area contributed by atoms with Gasteiger partial charge in [0.15, 0.2) is 0 Å². The normalized spacial score (nSPS) is 15.7. The van der Waals surface area contributed by atoms with Crippen molar-refractivity contribution in [3.63, 3.8) is 0 Å². The van der Waals surface area contributed by atoms with Crippen molar-refractivity contribution in [3.8, 4) is 5.75 Å². The maximum atomic E-state index is 12.9. The first-order valence-corrected chi connectivity index (χ1v) is 10.6. The second kappa shape index (κ2) is 8.19. The first-order chi connectivity index (χ1) is 12.8.